The van der Waals surface area contributed by atoms with Gasteiger partial charge in [-0.3, -0.25) is 4.79 Å². The van der Waals surface area contributed by atoms with E-state index in [1.807, 2.05) is 13.8 Å². The van der Waals surface area contributed by atoms with Gasteiger partial charge in [0.15, 0.2) is 0 Å². The molecule has 0 heterocycles. The van der Waals surface area contributed by atoms with Crippen molar-refractivity contribution in [3.8, 4) is 0 Å². The fourth-order valence-electron chi connectivity index (χ4n) is 5.39. The van der Waals surface area contributed by atoms with Gasteiger partial charge in [-0.25, -0.2) is 4.79 Å². The van der Waals surface area contributed by atoms with Crippen LogP contribution in [0.5, 0.6) is 0 Å². The van der Waals surface area contributed by atoms with Gasteiger partial charge < -0.3 is 10.2 Å². The molecular formula is C20H30O4. The molecule has 24 heavy (non-hydrogen) atoms. The highest BCUT2D eigenvalue weighted by molar-refractivity contribution is 5.80. The first-order valence-electron chi connectivity index (χ1n) is 8.92. The van der Waals surface area contributed by atoms with Crippen molar-refractivity contribution < 1.29 is 19.8 Å². The van der Waals surface area contributed by atoms with Crippen LogP contribution in [0.4, 0.5) is 0 Å². The van der Waals surface area contributed by atoms with Crippen molar-refractivity contribution in [3.63, 3.8) is 0 Å². The van der Waals surface area contributed by atoms with Crippen LogP contribution < -0.4 is 0 Å². The van der Waals surface area contributed by atoms with E-state index in [9.17, 15) is 14.7 Å². The standard InChI is InChI=1S/C20H30O4/c1-13(12-17(21)22)6-8-15-14(2)7-9-16-19(15,3)10-5-11-20(16,4)18(23)24/h12,15-16H,2,5-11H2,1,3-4H3,(H,21,22)(H,23,24)/b13-12-. The van der Waals surface area contributed by atoms with Gasteiger partial charge in [0.25, 0.3) is 0 Å². The van der Waals surface area contributed by atoms with E-state index in [2.05, 4.69) is 13.5 Å². The molecule has 0 aromatic heterocycles. The molecule has 0 bridgehead atoms. The van der Waals surface area contributed by atoms with Gasteiger partial charge in [-0.2, -0.15) is 0 Å². The summed E-state index contributed by atoms with van der Waals surface area (Å²) in [7, 11) is 0. The van der Waals surface area contributed by atoms with E-state index in [1.54, 1.807) is 0 Å². The van der Waals surface area contributed by atoms with Gasteiger partial charge in [-0.1, -0.05) is 31.1 Å². The topological polar surface area (TPSA) is 74.6 Å². The fraction of sp³-hybridized carbons (Fsp3) is 0.700. The molecule has 0 aliphatic heterocycles. The Balaban J connectivity index is 2.25. The van der Waals surface area contributed by atoms with Crippen LogP contribution in [0.1, 0.15) is 65.7 Å². The zero-order valence-electron chi connectivity index (χ0n) is 15.1. The number of fused-ring (bicyclic) bond motifs is 1. The molecule has 4 atom stereocenters. The quantitative estimate of drug-likeness (QED) is 0.566. The molecule has 2 saturated carbocycles. The Labute approximate surface area is 144 Å². The molecule has 0 spiro atoms. The number of carboxylic acids is 2. The van der Waals surface area contributed by atoms with Crippen molar-refractivity contribution in [3.05, 3.63) is 23.8 Å². The summed E-state index contributed by atoms with van der Waals surface area (Å²) >= 11 is 0. The van der Waals surface area contributed by atoms with Crippen molar-refractivity contribution in [2.24, 2.45) is 22.7 Å². The van der Waals surface area contributed by atoms with Crippen molar-refractivity contribution in [2.75, 3.05) is 0 Å². The predicted molar refractivity (Wildman–Crippen MR) is 93.7 cm³/mol. The lowest BCUT2D eigenvalue weighted by Gasteiger charge is -2.57. The Morgan fingerprint density at radius 3 is 2.54 bits per heavy atom. The van der Waals surface area contributed by atoms with Crippen molar-refractivity contribution in [2.45, 2.75) is 65.7 Å². The predicted octanol–water partition coefficient (Wildman–Crippen LogP) is 4.66. The van der Waals surface area contributed by atoms with Crippen LogP contribution in [-0.4, -0.2) is 22.2 Å². The fourth-order valence-corrected chi connectivity index (χ4v) is 5.39. The molecule has 2 aliphatic carbocycles. The minimum atomic E-state index is -0.907. The van der Waals surface area contributed by atoms with Crippen LogP contribution in [0, 0.1) is 22.7 Å². The molecule has 4 nitrogen and oxygen atoms in total. The Bertz CT molecular complexity index is 576. The molecule has 2 fully saturated rings. The third-order valence-corrected chi connectivity index (χ3v) is 6.71. The molecule has 0 saturated heterocycles. The van der Waals surface area contributed by atoms with E-state index in [0.717, 1.165) is 50.5 Å². The van der Waals surface area contributed by atoms with Crippen LogP contribution in [0.2, 0.25) is 0 Å². The van der Waals surface area contributed by atoms with E-state index in [0.29, 0.717) is 0 Å². The maximum Gasteiger partial charge on any atom is 0.328 e. The third-order valence-electron chi connectivity index (χ3n) is 6.71. The lowest BCUT2D eigenvalue weighted by molar-refractivity contribution is -0.164. The van der Waals surface area contributed by atoms with Gasteiger partial charge in [-0.15, -0.1) is 0 Å². The number of rotatable bonds is 5. The molecule has 4 heteroatoms. The van der Waals surface area contributed by atoms with Gasteiger partial charge in [0.2, 0.25) is 0 Å². The average Bonchev–Trinajstić information content (AvgIpc) is 2.45. The molecule has 0 amide bonds. The molecule has 134 valence electrons. The van der Waals surface area contributed by atoms with Gasteiger partial charge >= 0.3 is 11.9 Å². The van der Waals surface area contributed by atoms with Gasteiger partial charge in [-0.05, 0) is 69.6 Å². The molecule has 0 aromatic rings. The highest BCUT2D eigenvalue weighted by Crippen LogP contribution is 2.62. The first kappa shape index (κ1) is 18.8. The average molecular weight is 334 g/mol. The SMILES string of the molecule is C=C1CCC2C(C)(C(=O)O)CCCC2(C)C1CC/C(C)=C\C(=O)O. The molecule has 2 N–H and O–H groups in total. The van der Waals surface area contributed by atoms with Crippen molar-refractivity contribution in [1.82, 2.24) is 0 Å². The van der Waals surface area contributed by atoms with Crippen molar-refractivity contribution >= 4 is 11.9 Å². The lowest BCUT2D eigenvalue weighted by atomic mass is 9.46. The summed E-state index contributed by atoms with van der Waals surface area (Å²) < 4.78 is 0. The second kappa shape index (κ2) is 6.73. The monoisotopic (exact) mass is 334 g/mol. The van der Waals surface area contributed by atoms with Crippen LogP contribution >= 0.6 is 0 Å². The van der Waals surface area contributed by atoms with Crippen LogP contribution in [0.15, 0.2) is 23.8 Å². The summed E-state index contributed by atoms with van der Waals surface area (Å²) in [5, 5.41) is 18.7. The highest BCUT2D eigenvalue weighted by Gasteiger charge is 2.57. The molecule has 4 unspecified atom stereocenters. The Morgan fingerprint density at radius 1 is 1.29 bits per heavy atom. The van der Waals surface area contributed by atoms with E-state index in [-0.39, 0.29) is 17.3 Å². The number of hydrogen-bond donors (Lipinski definition) is 2. The van der Waals surface area contributed by atoms with E-state index < -0.39 is 17.4 Å². The summed E-state index contributed by atoms with van der Waals surface area (Å²) in [6.07, 6.45) is 7.36. The summed E-state index contributed by atoms with van der Waals surface area (Å²) in [6, 6.07) is 0. The summed E-state index contributed by atoms with van der Waals surface area (Å²) in [5.74, 6) is -1.15. The third kappa shape index (κ3) is 3.28. The molecular weight excluding hydrogens is 304 g/mol. The van der Waals surface area contributed by atoms with Gasteiger partial charge in [0, 0.05) is 6.08 Å². The molecule has 0 radical (unpaired) electrons. The summed E-state index contributed by atoms with van der Waals surface area (Å²) in [6.45, 7) is 10.3. The van der Waals surface area contributed by atoms with E-state index >= 15 is 0 Å². The Hall–Kier alpha value is -1.58. The Kier molecular flexibility index (Phi) is 5.26. The number of carbonyl (C=O) groups is 2. The number of allylic oxidation sites excluding steroid dienone is 2. The smallest absolute Gasteiger partial charge is 0.328 e. The highest BCUT2D eigenvalue weighted by atomic mass is 16.4. The van der Waals surface area contributed by atoms with Crippen molar-refractivity contribution in [1.29, 1.82) is 0 Å². The minimum Gasteiger partial charge on any atom is -0.481 e. The second-order valence-electron chi connectivity index (χ2n) is 8.25. The summed E-state index contributed by atoms with van der Waals surface area (Å²) in [4.78, 5) is 22.8. The molecule has 0 aromatic carbocycles. The minimum absolute atomic E-state index is 0.0514. The largest absolute Gasteiger partial charge is 0.481 e. The maximum absolute atomic E-state index is 12.0. The first-order chi connectivity index (χ1) is 11.1. The number of hydrogen-bond acceptors (Lipinski definition) is 2. The normalized spacial score (nSPS) is 37.0. The molecule has 2 rings (SSSR count). The van der Waals surface area contributed by atoms with E-state index in [4.69, 9.17) is 5.11 Å². The maximum atomic E-state index is 12.0. The van der Waals surface area contributed by atoms with Gasteiger partial charge in [0.1, 0.15) is 0 Å². The van der Waals surface area contributed by atoms with Crippen LogP contribution in [0.25, 0.3) is 0 Å². The van der Waals surface area contributed by atoms with Crippen LogP contribution in [0.3, 0.4) is 0 Å². The first-order valence-corrected chi connectivity index (χ1v) is 8.92. The van der Waals surface area contributed by atoms with Crippen LogP contribution in [-0.2, 0) is 9.59 Å². The lowest BCUT2D eigenvalue weighted by Crippen LogP contribution is -2.53. The zero-order valence-corrected chi connectivity index (χ0v) is 15.1. The Morgan fingerprint density at radius 2 is 1.96 bits per heavy atom. The zero-order chi connectivity index (χ0) is 18.1. The van der Waals surface area contributed by atoms with Gasteiger partial charge in [0.05, 0.1) is 5.41 Å². The summed E-state index contributed by atoms with van der Waals surface area (Å²) in [5.41, 5.74) is 1.37. The molecule has 2 aliphatic rings. The number of carboxylic acid groups (broad SMARTS) is 2. The van der Waals surface area contributed by atoms with E-state index in [1.165, 1.54) is 11.6 Å². The second-order valence-corrected chi connectivity index (χ2v) is 8.25. The number of aliphatic carboxylic acids is 2.